The van der Waals surface area contributed by atoms with Crippen LogP contribution in [-0.2, 0) is 16.1 Å². The Balaban J connectivity index is 2.42. The zero-order valence-corrected chi connectivity index (χ0v) is 9.44. The molecule has 0 spiro atoms. The molecule has 0 fully saturated rings. The van der Waals surface area contributed by atoms with Crippen LogP contribution in [0.15, 0.2) is 24.3 Å². The van der Waals surface area contributed by atoms with Crippen molar-refractivity contribution in [3.05, 3.63) is 35.4 Å². The first-order chi connectivity index (χ1) is 7.77. The predicted molar refractivity (Wildman–Crippen MR) is 61.1 cm³/mol. The second kappa shape index (κ2) is 6.98. The van der Waals surface area contributed by atoms with Gasteiger partial charge in [0, 0.05) is 6.61 Å². The van der Waals surface area contributed by atoms with E-state index in [9.17, 15) is 4.79 Å². The summed E-state index contributed by atoms with van der Waals surface area (Å²) in [5, 5.41) is 0. The van der Waals surface area contributed by atoms with Crippen molar-refractivity contribution in [2.24, 2.45) is 5.73 Å². The molecule has 0 aromatic heterocycles. The fourth-order valence-electron chi connectivity index (χ4n) is 1.23. The van der Waals surface area contributed by atoms with Crippen LogP contribution < -0.4 is 5.73 Å². The fourth-order valence-corrected chi connectivity index (χ4v) is 1.23. The van der Waals surface area contributed by atoms with Crippen LogP contribution >= 0.6 is 0 Å². The van der Waals surface area contributed by atoms with Gasteiger partial charge >= 0.3 is 5.97 Å². The average Bonchev–Trinajstić information content (AvgIpc) is 2.34. The first-order valence-electron chi connectivity index (χ1n) is 5.23. The number of ether oxygens (including phenoxy) is 2. The molecule has 0 radical (unpaired) electrons. The normalized spacial score (nSPS) is 10.1. The summed E-state index contributed by atoms with van der Waals surface area (Å²) in [6, 6.07) is 7.17. The van der Waals surface area contributed by atoms with Crippen molar-refractivity contribution in [2.45, 2.75) is 13.0 Å². The molecule has 16 heavy (non-hydrogen) atoms. The molecule has 2 N–H and O–H groups in total. The number of hydrogen-bond donors (Lipinski definition) is 1. The van der Waals surface area contributed by atoms with Crippen LogP contribution in [0.4, 0.5) is 0 Å². The lowest BCUT2D eigenvalue weighted by molar-refractivity contribution is 0.0600. The Bertz CT molecular complexity index is 322. The first-order valence-corrected chi connectivity index (χ1v) is 5.23. The number of carbonyl (C=O) groups excluding carboxylic acids is 1. The molecule has 0 aliphatic rings. The monoisotopic (exact) mass is 223 g/mol. The average molecular weight is 223 g/mol. The van der Waals surface area contributed by atoms with Crippen LogP contribution in [0.25, 0.3) is 0 Å². The smallest absolute Gasteiger partial charge is 0.337 e. The summed E-state index contributed by atoms with van der Waals surface area (Å²) in [7, 11) is 1.37. The molecule has 0 atom stereocenters. The highest BCUT2D eigenvalue weighted by molar-refractivity contribution is 5.89. The van der Waals surface area contributed by atoms with Gasteiger partial charge in [0.15, 0.2) is 0 Å². The van der Waals surface area contributed by atoms with Crippen LogP contribution in [0.5, 0.6) is 0 Å². The molecule has 1 aromatic carbocycles. The summed E-state index contributed by atoms with van der Waals surface area (Å²) in [6.07, 6.45) is 0.861. The minimum absolute atomic E-state index is 0.324. The Morgan fingerprint density at radius 3 is 2.56 bits per heavy atom. The number of hydrogen-bond acceptors (Lipinski definition) is 4. The first kappa shape index (κ1) is 12.7. The molecule has 1 rings (SSSR count). The molecule has 0 saturated heterocycles. The van der Waals surface area contributed by atoms with Crippen molar-refractivity contribution in [3.63, 3.8) is 0 Å². The number of nitrogens with two attached hydrogens (primary N) is 1. The second-order valence-corrected chi connectivity index (χ2v) is 3.38. The van der Waals surface area contributed by atoms with Gasteiger partial charge in [0.25, 0.3) is 0 Å². The van der Waals surface area contributed by atoms with Gasteiger partial charge in [-0.1, -0.05) is 12.1 Å². The molecule has 1 aromatic rings. The highest BCUT2D eigenvalue weighted by Crippen LogP contribution is 2.06. The van der Waals surface area contributed by atoms with Crippen LogP contribution in [0.3, 0.4) is 0 Å². The molecule has 0 unspecified atom stereocenters. The molecule has 0 aliphatic heterocycles. The summed E-state index contributed by atoms with van der Waals surface area (Å²) in [5.41, 5.74) is 6.93. The largest absolute Gasteiger partial charge is 0.465 e. The van der Waals surface area contributed by atoms with Gasteiger partial charge in [-0.15, -0.1) is 0 Å². The summed E-state index contributed by atoms with van der Waals surface area (Å²) in [4.78, 5) is 11.2. The molecule has 0 aliphatic carbocycles. The van der Waals surface area contributed by atoms with Gasteiger partial charge in [0.05, 0.1) is 19.3 Å². The third kappa shape index (κ3) is 4.00. The van der Waals surface area contributed by atoms with E-state index in [4.69, 9.17) is 10.5 Å². The lowest BCUT2D eigenvalue weighted by Crippen LogP contribution is -2.04. The van der Waals surface area contributed by atoms with Crippen molar-refractivity contribution in [1.29, 1.82) is 0 Å². The van der Waals surface area contributed by atoms with Crippen LogP contribution in [0.2, 0.25) is 0 Å². The number of carbonyl (C=O) groups is 1. The molecular weight excluding hydrogens is 206 g/mol. The van der Waals surface area contributed by atoms with Gasteiger partial charge in [-0.05, 0) is 30.7 Å². The van der Waals surface area contributed by atoms with E-state index in [1.807, 2.05) is 12.1 Å². The maximum atomic E-state index is 11.2. The topological polar surface area (TPSA) is 61.5 Å². The van der Waals surface area contributed by atoms with E-state index in [0.29, 0.717) is 25.3 Å². The molecule has 4 heteroatoms. The Morgan fingerprint density at radius 1 is 1.31 bits per heavy atom. The van der Waals surface area contributed by atoms with E-state index in [1.54, 1.807) is 12.1 Å². The van der Waals surface area contributed by atoms with E-state index >= 15 is 0 Å². The van der Waals surface area contributed by atoms with Crippen LogP contribution in [0, 0.1) is 0 Å². The summed E-state index contributed by atoms with van der Waals surface area (Å²) in [6.45, 7) is 1.85. The molecule has 4 nitrogen and oxygen atoms in total. The van der Waals surface area contributed by atoms with E-state index in [1.165, 1.54) is 7.11 Å². The molecule has 0 saturated carbocycles. The Kier molecular flexibility index (Phi) is 5.53. The predicted octanol–water partition coefficient (Wildman–Crippen LogP) is 1.34. The maximum Gasteiger partial charge on any atom is 0.337 e. The van der Waals surface area contributed by atoms with Crippen LogP contribution in [-0.4, -0.2) is 26.2 Å². The minimum atomic E-state index is -0.324. The Morgan fingerprint density at radius 2 is 2.00 bits per heavy atom. The van der Waals surface area contributed by atoms with Gasteiger partial charge in [-0.3, -0.25) is 0 Å². The third-order valence-electron chi connectivity index (χ3n) is 2.14. The highest BCUT2D eigenvalue weighted by Gasteiger charge is 2.03. The van der Waals surface area contributed by atoms with Crippen molar-refractivity contribution in [1.82, 2.24) is 0 Å². The standard InChI is InChI=1S/C12H17NO3/c1-15-12(14)11-5-3-10(4-6-11)9-16-8-2-7-13/h3-6H,2,7-9,13H2,1H3. The highest BCUT2D eigenvalue weighted by atomic mass is 16.5. The quantitative estimate of drug-likeness (QED) is 0.584. The maximum absolute atomic E-state index is 11.2. The lowest BCUT2D eigenvalue weighted by atomic mass is 10.1. The molecule has 88 valence electrons. The molecule has 0 amide bonds. The molecular formula is C12H17NO3. The SMILES string of the molecule is COC(=O)c1ccc(COCCCN)cc1. The second-order valence-electron chi connectivity index (χ2n) is 3.38. The Hall–Kier alpha value is -1.39. The fraction of sp³-hybridized carbons (Fsp3) is 0.417. The van der Waals surface area contributed by atoms with E-state index < -0.39 is 0 Å². The van der Waals surface area contributed by atoms with Crippen molar-refractivity contribution < 1.29 is 14.3 Å². The van der Waals surface area contributed by atoms with E-state index in [2.05, 4.69) is 4.74 Å². The summed E-state index contributed by atoms with van der Waals surface area (Å²) < 4.78 is 10.00. The van der Waals surface area contributed by atoms with Gasteiger partial charge < -0.3 is 15.2 Å². The van der Waals surface area contributed by atoms with Crippen molar-refractivity contribution in [3.8, 4) is 0 Å². The zero-order chi connectivity index (χ0) is 11.8. The van der Waals surface area contributed by atoms with Gasteiger partial charge in [-0.2, -0.15) is 0 Å². The lowest BCUT2D eigenvalue weighted by Gasteiger charge is -2.04. The van der Waals surface area contributed by atoms with Crippen LogP contribution in [0.1, 0.15) is 22.3 Å². The molecule has 0 bridgehead atoms. The summed E-state index contributed by atoms with van der Waals surface area (Å²) >= 11 is 0. The number of rotatable bonds is 6. The van der Waals surface area contributed by atoms with Gasteiger partial charge in [0.2, 0.25) is 0 Å². The van der Waals surface area contributed by atoms with E-state index in [-0.39, 0.29) is 5.97 Å². The summed E-state index contributed by atoms with van der Waals surface area (Å²) in [5.74, 6) is -0.324. The van der Waals surface area contributed by atoms with Crippen molar-refractivity contribution >= 4 is 5.97 Å². The number of methoxy groups -OCH3 is 1. The van der Waals surface area contributed by atoms with Gasteiger partial charge in [0.1, 0.15) is 0 Å². The minimum Gasteiger partial charge on any atom is -0.465 e. The molecule has 0 heterocycles. The van der Waals surface area contributed by atoms with Gasteiger partial charge in [-0.25, -0.2) is 4.79 Å². The zero-order valence-electron chi connectivity index (χ0n) is 9.44. The number of esters is 1. The van der Waals surface area contributed by atoms with E-state index in [0.717, 1.165) is 12.0 Å². The Labute approximate surface area is 95.3 Å². The van der Waals surface area contributed by atoms with Crippen molar-refractivity contribution in [2.75, 3.05) is 20.3 Å². The number of benzene rings is 1. The third-order valence-corrected chi connectivity index (χ3v) is 2.14.